The first kappa shape index (κ1) is 16.2. The first-order valence-electron chi connectivity index (χ1n) is 6.59. The molecule has 1 aliphatic heterocycles. The molecule has 5 N–H and O–H groups in total. The van der Waals surface area contributed by atoms with Crippen LogP contribution < -0.4 is 5.73 Å². The molecule has 5 nitrogen and oxygen atoms in total. The maximum atomic E-state index is 9.79. The fraction of sp³-hybridized carbons (Fsp3) is 1.00. The van der Waals surface area contributed by atoms with Gasteiger partial charge in [-0.15, -0.1) is 11.8 Å². The molecule has 18 heavy (non-hydrogen) atoms. The monoisotopic (exact) mass is 279 g/mol. The normalized spacial score (nSPS) is 36.8. The topological polar surface area (TPSA) is 95.9 Å². The molecule has 6 heteroatoms. The molecule has 5 atom stereocenters. The number of unbranched alkanes of at least 4 members (excludes halogenated alkanes) is 3. The van der Waals surface area contributed by atoms with Crippen molar-refractivity contribution in [1.29, 1.82) is 0 Å². The molecule has 0 spiro atoms. The van der Waals surface area contributed by atoms with Crippen LogP contribution in [0, 0.1) is 0 Å². The Hall–Kier alpha value is 0.150. The number of thioether (sulfide) groups is 1. The highest BCUT2D eigenvalue weighted by Gasteiger charge is 2.41. The quantitative estimate of drug-likeness (QED) is 0.492. The minimum Gasteiger partial charge on any atom is -0.388 e. The molecule has 0 aliphatic carbocycles. The smallest absolute Gasteiger partial charge is 0.132 e. The van der Waals surface area contributed by atoms with Gasteiger partial charge in [0.2, 0.25) is 0 Å². The zero-order valence-electron chi connectivity index (χ0n) is 10.9. The largest absolute Gasteiger partial charge is 0.388 e. The predicted octanol–water partition coefficient (Wildman–Crippen LogP) is 0.0662. The zero-order valence-corrected chi connectivity index (χ0v) is 11.7. The average molecular weight is 279 g/mol. The van der Waals surface area contributed by atoms with Crippen LogP contribution in [0.4, 0.5) is 0 Å². The van der Waals surface area contributed by atoms with Crippen molar-refractivity contribution in [2.45, 2.75) is 62.5 Å². The summed E-state index contributed by atoms with van der Waals surface area (Å²) >= 11 is 1.50. The van der Waals surface area contributed by atoms with Crippen molar-refractivity contribution in [1.82, 2.24) is 0 Å². The molecule has 1 aliphatic rings. The van der Waals surface area contributed by atoms with Crippen molar-refractivity contribution in [2.75, 3.05) is 12.3 Å². The van der Waals surface area contributed by atoms with E-state index in [-0.39, 0.29) is 0 Å². The van der Waals surface area contributed by atoms with Crippen molar-refractivity contribution in [3.63, 3.8) is 0 Å². The van der Waals surface area contributed by atoms with E-state index in [1.807, 2.05) is 0 Å². The molecule has 1 rings (SSSR count). The van der Waals surface area contributed by atoms with E-state index in [0.29, 0.717) is 0 Å². The number of hydrogen-bond acceptors (Lipinski definition) is 6. The van der Waals surface area contributed by atoms with E-state index in [9.17, 15) is 15.3 Å². The molecule has 0 saturated carbocycles. The predicted molar refractivity (Wildman–Crippen MR) is 72.3 cm³/mol. The highest BCUT2D eigenvalue weighted by molar-refractivity contribution is 7.99. The van der Waals surface area contributed by atoms with Crippen molar-refractivity contribution in [3.05, 3.63) is 0 Å². The fourth-order valence-corrected chi connectivity index (χ4v) is 3.17. The van der Waals surface area contributed by atoms with Gasteiger partial charge < -0.3 is 25.8 Å². The van der Waals surface area contributed by atoms with Crippen molar-refractivity contribution >= 4 is 11.8 Å². The molecule has 1 heterocycles. The lowest BCUT2D eigenvalue weighted by molar-refractivity contribution is -0.192. The number of ether oxygens (including phenoxy) is 1. The Morgan fingerprint density at radius 2 is 1.67 bits per heavy atom. The van der Waals surface area contributed by atoms with Gasteiger partial charge in [-0.25, -0.2) is 0 Å². The summed E-state index contributed by atoms with van der Waals surface area (Å²) in [6.45, 7) is 2.44. The van der Waals surface area contributed by atoms with Gasteiger partial charge in [0.25, 0.3) is 0 Å². The molecule has 0 aromatic rings. The molecular weight excluding hydrogens is 254 g/mol. The third-order valence-corrected chi connectivity index (χ3v) is 4.43. The minimum absolute atomic E-state index is 0.446. The van der Waals surface area contributed by atoms with E-state index in [4.69, 9.17) is 10.5 Å². The summed E-state index contributed by atoms with van der Waals surface area (Å²) in [6, 6.07) is 0. The van der Waals surface area contributed by atoms with Gasteiger partial charge in [0.05, 0.1) is 6.10 Å². The van der Waals surface area contributed by atoms with Crippen LogP contribution >= 0.6 is 11.8 Å². The van der Waals surface area contributed by atoms with Gasteiger partial charge in [0.15, 0.2) is 0 Å². The van der Waals surface area contributed by atoms with E-state index in [0.717, 1.165) is 38.0 Å². The summed E-state index contributed by atoms with van der Waals surface area (Å²) in [5.74, 6) is 0.877. The standard InChI is InChI=1S/C12H25NO4S/c1-8-9(14)10(15)11(16)12(17-8)18-7-5-3-2-4-6-13/h8-12,14-16H,2-7,13H2,1H3/t8-,9-,10+,11+,12-/m1/s1. The van der Waals surface area contributed by atoms with E-state index in [1.54, 1.807) is 6.92 Å². The zero-order chi connectivity index (χ0) is 13.5. The van der Waals surface area contributed by atoms with Gasteiger partial charge in [-0.1, -0.05) is 12.8 Å². The molecule has 1 saturated heterocycles. The number of aliphatic hydroxyl groups excluding tert-OH is 3. The second kappa shape index (κ2) is 8.35. The van der Waals surface area contributed by atoms with Crippen LogP contribution in [0.1, 0.15) is 32.6 Å². The molecule has 0 unspecified atom stereocenters. The summed E-state index contributed by atoms with van der Waals surface area (Å²) in [6.07, 6.45) is 0.740. The summed E-state index contributed by atoms with van der Waals surface area (Å²) in [7, 11) is 0. The van der Waals surface area contributed by atoms with Gasteiger partial charge >= 0.3 is 0 Å². The molecule has 0 aromatic heterocycles. The Morgan fingerprint density at radius 1 is 1.00 bits per heavy atom. The van der Waals surface area contributed by atoms with Gasteiger partial charge in [0, 0.05) is 0 Å². The molecule has 0 amide bonds. The molecule has 1 fully saturated rings. The number of aliphatic hydroxyl groups is 3. The van der Waals surface area contributed by atoms with E-state index < -0.39 is 29.9 Å². The van der Waals surface area contributed by atoms with Gasteiger partial charge in [0.1, 0.15) is 23.7 Å². The third-order valence-electron chi connectivity index (χ3n) is 3.19. The number of nitrogens with two attached hydrogens (primary N) is 1. The van der Waals surface area contributed by atoms with Gasteiger partial charge in [-0.2, -0.15) is 0 Å². The maximum Gasteiger partial charge on any atom is 0.132 e. The third kappa shape index (κ3) is 4.68. The number of hydrogen-bond donors (Lipinski definition) is 4. The fourth-order valence-electron chi connectivity index (χ4n) is 1.95. The maximum absolute atomic E-state index is 9.79. The van der Waals surface area contributed by atoms with E-state index in [2.05, 4.69) is 0 Å². The van der Waals surface area contributed by atoms with Crippen molar-refractivity contribution in [2.24, 2.45) is 5.73 Å². The SMILES string of the molecule is C[C@H]1O[C@H](SCCCCCCN)[C@@H](O)[C@@H](O)[C@@H]1O. The van der Waals surface area contributed by atoms with Crippen molar-refractivity contribution < 1.29 is 20.1 Å². The summed E-state index contributed by atoms with van der Waals surface area (Å²) < 4.78 is 5.49. The second-order valence-electron chi connectivity index (χ2n) is 4.76. The Morgan fingerprint density at radius 3 is 2.33 bits per heavy atom. The lowest BCUT2D eigenvalue weighted by Crippen LogP contribution is -2.55. The molecule has 108 valence electrons. The van der Waals surface area contributed by atoms with E-state index in [1.165, 1.54) is 11.8 Å². The molecule has 0 aromatic carbocycles. The Labute approximate surface area is 113 Å². The lowest BCUT2D eigenvalue weighted by atomic mass is 10.0. The molecule has 0 bridgehead atoms. The Balaban J connectivity index is 2.21. The Kier molecular flexibility index (Phi) is 7.51. The van der Waals surface area contributed by atoms with Crippen LogP contribution in [0.5, 0.6) is 0 Å². The second-order valence-corrected chi connectivity index (χ2v) is 5.96. The van der Waals surface area contributed by atoms with Crippen molar-refractivity contribution in [3.8, 4) is 0 Å². The Bertz CT molecular complexity index is 232. The van der Waals surface area contributed by atoms with Crippen LogP contribution in [0.25, 0.3) is 0 Å². The van der Waals surface area contributed by atoms with Crippen LogP contribution in [0.2, 0.25) is 0 Å². The van der Waals surface area contributed by atoms with Crippen LogP contribution in [-0.4, -0.2) is 57.5 Å². The summed E-state index contributed by atoms with van der Waals surface area (Å²) in [5.41, 5.74) is 4.96. The van der Waals surface area contributed by atoms with Crippen LogP contribution in [0.3, 0.4) is 0 Å². The van der Waals surface area contributed by atoms with Crippen LogP contribution in [-0.2, 0) is 4.74 Å². The number of rotatable bonds is 7. The molecular formula is C12H25NO4S. The first-order chi connectivity index (χ1) is 8.57. The summed E-state index contributed by atoms with van der Waals surface area (Å²) in [4.78, 5) is 0. The highest BCUT2D eigenvalue weighted by atomic mass is 32.2. The highest BCUT2D eigenvalue weighted by Crippen LogP contribution is 2.28. The van der Waals surface area contributed by atoms with Crippen LogP contribution in [0.15, 0.2) is 0 Å². The summed E-state index contributed by atoms with van der Waals surface area (Å²) in [5, 5.41) is 29.0. The first-order valence-corrected chi connectivity index (χ1v) is 7.64. The van der Waals surface area contributed by atoms with Gasteiger partial charge in [-0.3, -0.25) is 0 Å². The molecule has 0 radical (unpaired) electrons. The average Bonchev–Trinajstić information content (AvgIpc) is 2.37. The van der Waals surface area contributed by atoms with Gasteiger partial charge in [-0.05, 0) is 32.1 Å². The lowest BCUT2D eigenvalue weighted by Gasteiger charge is -2.39. The minimum atomic E-state index is -1.12. The van der Waals surface area contributed by atoms with E-state index >= 15 is 0 Å².